The molecule has 9 heteroatoms. The van der Waals surface area contributed by atoms with E-state index >= 15 is 0 Å². The standard InChI is InChI=1S/C23H21N3O5S/c1-15-12-18(26(29)30)8-11-21(15)25-22(27)14-32-20-9-6-17(7-10-20)24-23(28)16-4-3-5-19(13-16)31-2/h3-13H,14H2,1-2H3,(H,24,28)(H,25,27). The quantitative estimate of drug-likeness (QED) is 0.286. The molecule has 0 aliphatic rings. The highest BCUT2D eigenvalue weighted by molar-refractivity contribution is 8.00. The molecule has 0 spiro atoms. The van der Waals surface area contributed by atoms with Crippen LogP contribution in [0.25, 0.3) is 0 Å². The molecule has 0 saturated carbocycles. The summed E-state index contributed by atoms with van der Waals surface area (Å²) in [4.78, 5) is 35.8. The van der Waals surface area contributed by atoms with Gasteiger partial charge in [-0.3, -0.25) is 19.7 Å². The van der Waals surface area contributed by atoms with E-state index in [-0.39, 0.29) is 23.3 Å². The van der Waals surface area contributed by atoms with Gasteiger partial charge in [-0.25, -0.2) is 0 Å². The van der Waals surface area contributed by atoms with Gasteiger partial charge in [-0.05, 0) is 61.0 Å². The summed E-state index contributed by atoms with van der Waals surface area (Å²) in [5.74, 6) is 0.308. The molecule has 0 aliphatic heterocycles. The first-order chi connectivity index (χ1) is 15.4. The number of anilines is 2. The summed E-state index contributed by atoms with van der Waals surface area (Å²) in [7, 11) is 1.54. The van der Waals surface area contributed by atoms with Crippen molar-refractivity contribution < 1.29 is 19.2 Å². The molecule has 0 fully saturated rings. The van der Waals surface area contributed by atoms with Crippen molar-refractivity contribution in [3.63, 3.8) is 0 Å². The molecule has 8 nitrogen and oxygen atoms in total. The molecule has 0 radical (unpaired) electrons. The smallest absolute Gasteiger partial charge is 0.269 e. The number of methoxy groups -OCH3 is 1. The highest BCUT2D eigenvalue weighted by Crippen LogP contribution is 2.24. The van der Waals surface area contributed by atoms with E-state index < -0.39 is 4.92 Å². The summed E-state index contributed by atoms with van der Waals surface area (Å²) in [6, 6.07) is 18.3. The second-order valence-corrected chi connectivity index (χ2v) is 7.85. The first-order valence-corrected chi connectivity index (χ1v) is 10.6. The molecule has 0 bridgehead atoms. The van der Waals surface area contributed by atoms with Crippen molar-refractivity contribution in [2.75, 3.05) is 23.5 Å². The van der Waals surface area contributed by atoms with Crippen LogP contribution < -0.4 is 15.4 Å². The molecular formula is C23H21N3O5S. The SMILES string of the molecule is COc1cccc(C(=O)Nc2ccc(SCC(=O)Nc3ccc([N+](=O)[O-])cc3C)cc2)c1. The van der Waals surface area contributed by atoms with E-state index in [1.165, 1.54) is 30.0 Å². The maximum Gasteiger partial charge on any atom is 0.269 e. The predicted octanol–water partition coefficient (Wildman–Crippen LogP) is 4.89. The monoisotopic (exact) mass is 451 g/mol. The van der Waals surface area contributed by atoms with E-state index in [2.05, 4.69) is 10.6 Å². The Morgan fingerprint density at radius 1 is 1.03 bits per heavy atom. The van der Waals surface area contributed by atoms with Crippen LogP contribution in [0.15, 0.2) is 71.6 Å². The fraction of sp³-hybridized carbons (Fsp3) is 0.130. The number of hydrogen-bond donors (Lipinski definition) is 2. The van der Waals surface area contributed by atoms with Gasteiger partial charge in [0.25, 0.3) is 11.6 Å². The number of nitro groups is 1. The van der Waals surface area contributed by atoms with Crippen molar-refractivity contribution in [1.29, 1.82) is 0 Å². The third-order valence-electron chi connectivity index (χ3n) is 4.51. The van der Waals surface area contributed by atoms with Gasteiger partial charge in [0, 0.05) is 34.0 Å². The summed E-state index contributed by atoms with van der Waals surface area (Å²) < 4.78 is 5.13. The summed E-state index contributed by atoms with van der Waals surface area (Å²) in [5, 5.41) is 16.4. The maximum atomic E-state index is 12.4. The van der Waals surface area contributed by atoms with E-state index in [9.17, 15) is 19.7 Å². The molecule has 0 aromatic heterocycles. The van der Waals surface area contributed by atoms with Crippen molar-refractivity contribution in [3.8, 4) is 5.75 Å². The van der Waals surface area contributed by atoms with Crippen LogP contribution in [-0.4, -0.2) is 29.6 Å². The molecule has 0 atom stereocenters. The lowest BCUT2D eigenvalue weighted by atomic mass is 10.2. The number of amides is 2. The molecule has 164 valence electrons. The number of nitro benzene ring substituents is 1. The van der Waals surface area contributed by atoms with Crippen LogP contribution >= 0.6 is 11.8 Å². The number of thioether (sulfide) groups is 1. The fourth-order valence-electron chi connectivity index (χ4n) is 2.84. The zero-order valence-corrected chi connectivity index (χ0v) is 18.3. The number of ether oxygens (including phenoxy) is 1. The number of benzene rings is 3. The van der Waals surface area contributed by atoms with Crippen LogP contribution in [0.4, 0.5) is 17.1 Å². The third-order valence-corrected chi connectivity index (χ3v) is 5.52. The number of carbonyl (C=O) groups is 2. The molecular weight excluding hydrogens is 430 g/mol. The van der Waals surface area contributed by atoms with Gasteiger partial charge in [0.2, 0.25) is 5.91 Å². The van der Waals surface area contributed by atoms with Gasteiger partial charge < -0.3 is 15.4 Å². The number of nitrogens with one attached hydrogen (secondary N) is 2. The van der Waals surface area contributed by atoms with E-state index in [1.54, 1.807) is 50.4 Å². The summed E-state index contributed by atoms with van der Waals surface area (Å²) in [6.45, 7) is 1.70. The molecule has 0 heterocycles. The largest absolute Gasteiger partial charge is 0.497 e. The van der Waals surface area contributed by atoms with E-state index in [0.717, 1.165) is 4.90 Å². The minimum atomic E-state index is -0.475. The van der Waals surface area contributed by atoms with Crippen LogP contribution in [0.2, 0.25) is 0 Å². The zero-order valence-electron chi connectivity index (χ0n) is 17.5. The van der Waals surface area contributed by atoms with Gasteiger partial charge in [-0.15, -0.1) is 11.8 Å². The molecule has 3 rings (SSSR count). The van der Waals surface area contributed by atoms with Gasteiger partial charge in [0.15, 0.2) is 0 Å². The molecule has 0 aliphatic carbocycles. The van der Waals surface area contributed by atoms with Crippen LogP contribution in [0, 0.1) is 17.0 Å². The number of non-ortho nitro benzene ring substituents is 1. The zero-order chi connectivity index (χ0) is 23.1. The lowest BCUT2D eigenvalue weighted by Crippen LogP contribution is -2.15. The number of aryl methyl sites for hydroxylation is 1. The average Bonchev–Trinajstić information content (AvgIpc) is 2.79. The Morgan fingerprint density at radius 3 is 2.44 bits per heavy atom. The normalized spacial score (nSPS) is 10.3. The van der Waals surface area contributed by atoms with Gasteiger partial charge in [-0.1, -0.05) is 6.07 Å². The minimum Gasteiger partial charge on any atom is -0.497 e. The van der Waals surface area contributed by atoms with Crippen molar-refractivity contribution in [1.82, 2.24) is 0 Å². The maximum absolute atomic E-state index is 12.4. The molecule has 32 heavy (non-hydrogen) atoms. The topological polar surface area (TPSA) is 111 Å². The van der Waals surface area contributed by atoms with Gasteiger partial charge >= 0.3 is 0 Å². The molecule has 0 unspecified atom stereocenters. The molecule has 3 aromatic rings. The number of carbonyl (C=O) groups excluding carboxylic acids is 2. The van der Waals surface area contributed by atoms with Crippen LogP contribution in [0.3, 0.4) is 0 Å². The Morgan fingerprint density at radius 2 is 1.78 bits per heavy atom. The van der Waals surface area contributed by atoms with Crippen LogP contribution in [0.1, 0.15) is 15.9 Å². The predicted molar refractivity (Wildman–Crippen MR) is 125 cm³/mol. The van der Waals surface area contributed by atoms with Gasteiger partial charge in [0.1, 0.15) is 5.75 Å². The Hall–Kier alpha value is -3.85. The average molecular weight is 452 g/mol. The first-order valence-electron chi connectivity index (χ1n) is 9.59. The summed E-state index contributed by atoms with van der Waals surface area (Å²) in [5.41, 5.74) is 2.26. The van der Waals surface area contributed by atoms with Crippen molar-refractivity contribution in [3.05, 3.63) is 88.0 Å². The van der Waals surface area contributed by atoms with E-state index in [4.69, 9.17) is 4.74 Å². The Kier molecular flexibility index (Phi) is 7.45. The minimum absolute atomic E-state index is 0.0199. The Labute approximate surface area is 189 Å². The summed E-state index contributed by atoms with van der Waals surface area (Å²) in [6.07, 6.45) is 0. The second-order valence-electron chi connectivity index (χ2n) is 6.80. The van der Waals surface area contributed by atoms with E-state index in [1.807, 2.05) is 12.1 Å². The van der Waals surface area contributed by atoms with Crippen molar-refractivity contribution >= 4 is 40.6 Å². The number of hydrogen-bond acceptors (Lipinski definition) is 6. The van der Waals surface area contributed by atoms with Crippen LogP contribution in [0.5, 0.6) is 5.75 Å². The van der Waals surface area contributed by atoms with Crippen LogP contribution in [-0.2, 0) is 4.79 Å². The fourth-order valence-corrected chi connectivity index (χ4v) is 3.54. The molecule has 0 saturated heterocycles. The Balaban J connectivity index is 1.52. The summed E-state index contributed by atoms with van der Waals surface area (Å²) >= 11 is 1.34. The molecule has 3 aromatic carbocycles. The lowest BCUT2D eigenvalue weighted by Gasteiger charge is -2.09. The van der Waals surface area contributed by atoms with Gasteiger partial charge in [0.05, 0.1) is 17.8 Å². The number of nitrogens with zero attached hydrogens (tertiary/aromatic N) is 1. The highest BCUT2D eigenvalue weighted by Gasteiger charge is 2.11. The van der Waals surface area contributed by atoms with E-state index in [0.29, 0.717) is 28.3 Å². The third kappa shape index (κ3) is 6.08. The van der Waals surface area contributed by atoms with Crippen molar-refractivity contribution in [2.45, 2.75) is 11.8 Å². The highest BCUT2D eigenvalue weighted by atomic mass is 32.2. The first kappa shape index (κ1) is 22.8. The molecule has 2 amide bonds. The number of rotatable bonds is 8. The van der Waals surface area contributed by atoms with Crippen molar-refractivity contribution in [2.24, 2.45) is 0 Å². The second kappa shape index (κ2) is 10.5. The lowest BCUT2D eigenvalue weighted by molar-refractivity contribution is -0.384. The molecule has 2 N–H and O–H groups in total. The van der Waals surface area contributed by atoms with Gasteiger partial charge in [-0.2, -0.15) is 0 Å². The Bertz CT molecular complexity index is 1150.